The minimum absolute atomic E-state index is 0.284. The Labute approximate surface area is 246 Å². The third kappa shape index (κ3) is 26.0. The van der Waals surface area contributed by atoms with Gasteiger partial charge in [-0.2, -0.15) is 8.42 Å². The van der Waals surface area contributed by atoms with Crippen molar-refractivity contribution in [3.05, 3.63) is 12.2 Å². The highest BCUT2D eigenvalue weighted by molar-refractivity contribution is 7.85. The Balaban J connectivity index is 4.19. The van der Waals surface area contributed by atoms with E-state index in [1.807, 2.05) is 0 Å². The van der Waals surface area contributed by atoms with E-state index in [4.69, 9.17) is 0 Å². The minimum atomic E-state index is -4.42. The van der Waals surface area contributed by atoms with Gasteiger partial charge in [0.15, 0.2) is 0 Å². The molecule has 0 aromatic heterocycles. The van der Waals surface area contributed by atoms with Crippen molar-refractivity contribution in [3.63, 3.8) is 0 Å². The third-order valence-electron chi connectivity index (χ3n) is 7.57. The highest BCUT2D eigenvalue weighted by Crippen LogP contribution is 2.14. The van der Waals surface area contributed by atoms with E-state index in [9.17, 15) is 28.0 Å². The van der Waals surface area contributed by atoms with E-state index in [0.717, 1.165) is 38.5 Å². The summed E-state index contributed by atoms with van der Waals surface area (Å²) in [5, 5.41) is 23.2. The Morgan fingerprint density at radius 2 is 1.07 bits per heavy atom. The molecular weight excluding hydrogens is 526 g/mol. The maximum atomic E-state index is 12.5. The fraction of sp³-hybridized carbons (Fsp3) is 0.906. The van der Waals surface area contributed by atoms with Crippen molar-refractivity contribution < 1.29 is 28.0 Å². The van der Waals surface area contributed by atoms with E-state index in [1.54, 1.807) is 6.08 Å². The van der Waals surface area contributed by atoms with Crippen molar-refractivity contribution in [1.29, 1.82) is 0 Å². The number of nitrogens with one attached hydrogen (secondary N) is 1. The summed E-state index contributed by atoms with van der Waals surface area (Å²) in [6, 6.07) is -1.22. The van der Waals surface area contributed by atoms with Crippen LogP contribution in [0.3, 0.4) is 0 Å². The quantitative estimate of drug-likeness (QED) is 0.0404. The number of aliphatic hydroxyl groups is 2. The summed E-state index contributed by atoms with van der Waals surface area (Å²) in [6.07, 6.45) is 27.0. The average Bonchev–Trinajstić information content (AvgIpc) is 2.90. The molecule has 0 aliphatic carbocycles. The van der Waals surface area contributed by atoms with Gasteiger partial charge in [0, 0.05) is 0 Å². The predicted molar refractivity (Wildman–Crippen MR) is 167 cm³/mol. The van der Waals surface area contributed by atoms with Gasteiger partial charge in [-0.05, 0) is 19.3 Å². The normalized spacial score (nSPS) is 14.4. The molecule has 0 aliphatic heterocycles. The van der Waals surface area contributed by atoms with Crippen molar-refractivity contribution in [3.8, 4) is 0 Å². The first-order valence-corrected chi connectivity index (χ1v) is 18.1. The number of rotatable bonds is 29. The molecule has 0 rings (SSSR count). The number of carbonyl (C=O) groups is 1. The summed E-state index contributed by atoms with van der Waals surface area (Å²) < 4.78 is 32.2. The standard InChI is InChI=1S/C32H63NO6S/c1-3-5-7-9-11-13-15-17-19-21-23-25-27-31(35)32(36)33-29(28-40(37,38)39)30(34)26-24-22-20-18-16-14-12-10-8-6-4-2/h24,26,29-31,34-35H,3-23,25,27-28H2,1-2H3,(H,33,36)(H,37,38,39)/b26-24+. The molecule has 1 amide bonds. The summed E-state index contributed by atoms with van der Waals surface area (Å²) in [7, 11) is -4.42. The lowest BCUT2D eigenvalue weighted by atomic mass is 10.0. The summed E-state index contributed by atoms with van der Waals surface area (Å²) in [5.74, 6) is -1.53. The van der Waals surface area contributed by atoms with E-state index in [-0.39, 0.29) is 6.42 Å². The molecule has 0 radical (unpaired) electrons. The molecule has 0 aromatic rings. The van der Waals surface area contributed by atoms with E-state index in [1.165, 1.54) is 102 Å². The van der Waals surface area contributed by atoms with Crippen LogP contribution in [0.1, 0.15) is 162 Å². The number of hydrogen-bond acceptors (Lipinski definition) is 5. The Kier molecular flexibility index (Phi) is 26.3. The zero-order valence-electron chi connectivity index (χ0n) is 25.8. The first-order valence-electron chi connectivity index (χ1n) is 16.5. The monoisotopic (exact) mass is 589 g/mol. The SMILES string of the molecule is CCCCCCCCCCC/C=C/C(O)C(CS(=O)(=O)O)NC(=O)C(O)CCCCCCCCCCCCCC. The largest absolute Gasteiger partial charge is 0.387 e. The highest BCUT2D eigenvalue weighted by atomic mass is 32.2. The van der Waals surface area contributed by atoms with Gasteiger partial charge in [0.05, 0.1) is 17.9 Å². The second-order valence-corrected chi connectivity index (χ2v) is 13.1. The van der Waals surface area contributed by atoms with E-state index < -0.39 is 40.0 Å². The van der Waals surface area contributed by atoms with Gasteiger partial charge in [-0.15, -0.1) is 0 Å². The zero-order chi connectivity index (χ0) is 29.9. The highest BCUT2D eigenvalue weighted by Gasteiger charge is 2.27. The molecule has 8 heteroatoms. The topological polar surface area (TPSA) is 124 Å². The molecule has 238 valence electrons. The summed E-state index contributed by atoms with van der Waals surface area (Å²) in [6.45, 7) is 4.45. The average molecular weight is 590 g/mol. The van der Waals surface area contributed by atoms with Crippen molar-refractivity contribution >= 4 is 16.0 Å². The molecule has 0 saturated carbocycles. The number of hydrogen-bond donors (Lipinski definition) is 4. The van der Waals surface area contributed by atoms with Gasteiger partial charge in [-0.3, -0.25) is 9.35 Å². The zero-order valence-corrected chi connectivity index (χ0v) is 26.6. The number of unbranched alkanes of at least 4 members (excludes halogenated alkanes) is 20. The van der Waals surface area contributed by atoms with Crippen LogP contribution in [0.2, 0.25) is 0 Å². The fourth-order valence-corrected chi connectivity index (χ4v) is 5.72. The van der Waals surface area contributed by atoms with Crippen LogP contribution in [-0.2, 0) is 14.9 Å². The fourth-order valence-electron chi connectivity index (χ4n) is 4.98. The molecule has 4 N–H and O–H groups in total. The van der Waals surface area contributed by atoms with Crippen molar-refractivity contribution in [1.82, 2.24) is 5.32 Å². The summed E-state index contributed by atoms with van der Waals surface area (Å²) >= 11 is 0. The molecule has 0 saturated heterocycles. The molecule has 40 heavy (non-hydrogen) atoms. The van der Waals surface area contributed by atoms with E-state index >= 15 is 0 Å². The summed E-state index contributed by atoms with van der Waals surface area (Å²) in [5.41, 5.74) is 0. The van der Waals surface area contributed by atoms with Gasteiger partial charge < -0.3 is 15.5 Å². The number of carbonyl (C=O) groups excluding carboxylic acids is 1. The lowest BCUT2D eigenvalue weighted by molar-refractivity contribution is -0.130. The second-order valence-electron chi connectivity index (χ2n) is 11.6. The Hall–Kier alpha value is -0.960. The van der Waals surface area contributed by atoms with Crippen LogP contribution in [0.5, 0.6) is 0 Å². The van der Waals surface area contributed by atoms with Crippen LogP contribution in [0.25, 0.3) is 0 Å². The van der Waals surface area contributed by atoms with Gasteiger partial charge in [0.1, 0.15) is 6.10 Å². The molecule has 0 fully saturated rings. The van der Waals surface area contributed by atoms with Crippen molar-refractivity contribution in [2.45, 2.75) is 180 Å². The molecular formula is C32H63NO6S. The Bertz CT molecular complexity index is 712. The lowest BCUT2D eigenvalue weighted by Gasteiger charge is -2.22. The minimum Gasteiger partial charge on any atom is -0.387 e. The Morgan fingerprint density at radius 3 is 1.50 bits per heavy atom. The van der Waals surface area contributed by atoms with Crippen LogP contribution < -0.4 is 5.32 Å². The number of allylic oxidation sites excluding steroid dienone is 1. The summed E-state index contributed by atoms with van der Waals surface area (Å²) in [4.78, 5) is 12.5. The van der Waals surface area contributed by atoms with Crippen molar-refractivity contribution in [2.24, 2.45) is 0 Å². The van der Waals surface area contributed by atoms with Gasteiger partial charge in [0.2, 0.25) is 5.91 Å². The first kappa shape index (κ1) is 39.0. The predicted octanol–water partition coefficient (Wildman–Crippen LogP) is 7.65. The Morgan fingerprint density at radius 1 is 0.675 bits per heavy atom. The molecule has 0 bridgehead atoms. The lowest BCUT2D eigenvalue weighted by Crippen LogP contribution is -2.50. The second kappa shape index (κ2) is 26.9. The first-order chi connectivity index (χ1) is 19.2. The van der Waals surface area contributed by atoms with E-state index in [2.05, 4.69) is 19.2 Å². The van der Waals surface area contributed by atoms with Crippen LogP contribution in [0.4, 0.5) is 0 Å². The van der Waals surface area contributed by atoms with Gasteiger partial charge in [-0.1, -0.05) is 154 Å². The molecule has 3 atom stereocenters. The van der Waals surface area contributed by atoms with Gasteiger partial charge >= 0.3 is 0 Å². The number of aliphatic hydroxyl groups excluding tert-OH is 2. The van der Waals surface area contributed by atoms with E-state index in [0.29, 0.717) is 6.42 Å². The maximum Gasteiger partial charge on any atom is 0.267 e. The molecule has 0 spiro atoms. The smallest absolute Gasteiger partial charge is 0.267 e. The van der Waals surface area contributed by atoms with Crippen LogP contribution in [0.15, 0.2) is 12.2 Å². The van der Waals surface area contributed by atoms with Gasteiger partial charge in [0.25, 0.3) is 10.1 Å². The maximum absolute atomic E-state index is 12.5. The van der Waals surface area contributed by atoms with Crippen LogP contribution in [-0.4, -0.2) is 53.1 Å². The molecule has 0 aromatic carbocycles. The molecule has 7 nitrogen and oxygen atoms in total. The van der Waals surface area contributed by atoms with Crippen LogP contribution >= 0.6 is 0 Å². The molecule has 0 heterocycles. The van der Waals surface area contributed by atoms with Crippen molar-refractivity contribution in [2.75, 3.05) is 5.75 Å². The number of amides is 1. The van der Waals surface area contributed by atoms with Crippen LogP contribution in [0, 0.1) is 0 Å². The molecule has 3 unspecified atom stereocenters. The van der Waals surface area contributed by atoms with Gasteiger partial charge in [-0.25, -0.2) is 0 Å². The third-order valence-corrected chi connectivity index (χ3v) is 8.35. The molecule has 0 aliphatic rings.